The first-order valence-electron chi connectivity index (χ1n) is 6.52. The molecule has 2 rings (SSSR count). The van der Waals surface area contributed by atoms with Crippen molar-refractivity contribution in [2.24, 2.45) is 5.92 Å². The number of ether oxygens (including phenoxy) is 2. The molecule has 0 N–H and O–H groups in total. The molecule has 1 aromatic rings. The number of hydrogen-bond acceptors (Lipinski definition) is 4. The van der Waals surface area contributed by atoms with Gasteiger partial charge in [0.25, 0.3) is 0 Å². The lowest BCUT2D eigenvalue weighted by molar-refractivity contribution is 0.0873. The van der Waals surface area contributed by atoms with Crippen molar-refractivity contribution >= 4 is 0 Å². The molecule has 1 aliphatic heterocycles. The summed E-state index contributed by atoms with van der Waals surface area (Å²) in [5, 5.41) is 0. The van der Waals surface area contributed by atoms with Gasteiger partial charge in [0.1, 0.15) is 0 Å². The van der Waals surface area contributed by atoms with Crippen LogP contribution in [0.2, 0.25) is 0 Å². The van der Waals surface area contributed by atoms with E-state index >= 15 is 0 Å². The molecular formula is C14H22N2O2. The van der Waals surface area contributed by atoms with Gasteiger partial charge in [0.15, 0.2) is 0 Å². The molecule has 2 heterocycles. The number of nitrogens with zero attached hydrogens (tertiary/aromatic N) is 2. The van der Waals surface area contributed by atoms with E-state index in [4.69, 9.17) is 9.47 Å². The first kappa shape index (κ1) is 13.3. The zero-order valence-electron chi connectivity index (χ0n) is 11.3. The third kappa shape index (κ3) is 3.68. The van der Waals surface area contributed by atoms with Gasteiger partial charge in [-0.2, -0.15) is 0 Å². The molecule has 1 aromatic heterocycles. The Morgan fingerprint density at radius 1 is 1.39 bits per heavy atom. The summed E-state index contributed by atoms with van der Waals surface area (Å²) in [6, 6.07) is 4.01. The van der Waals surface area contributed by atoms with Crippen LogP contribution in [-0.4, -0.2) is 43.8 Å². The Balaban J connectivity index is 1.87. The fourth-order valence-electron chi connectivity index (χ4n) is 2.55. The largest absolute Gasteiger partial charge is 0.481 e. The first-order valence-corrected chi connectivity index (χ1v) is 6.52. The fourth-order valence-corrected chi connectivity index (χ4v) is 2.55. The second kappa shape index (κ2) is 6.71. The molecule has 0 spiro atoms. The van der Waals surface area contributed by atoms with E-state index in [0.29, 0.717) is 11.8 Å². The summed E-state index contributed by atoms with van der Waals surface area (Å²) in [7, 11) is 3.42. The van der Waals surface area contributed by atoms with Crippen molar-refractivity contribution in [3.05, 3.63) is 23.9 Å². The maximum atomic E-state index is 5.25. The van der Waals surface area contributed by atoms with E-state index in [0.717, 1.165) is 19.7 Å². The predicted molar refractivity (Wildman–Crippen MR) is 70.7 cm³/mol. The highest BCUT2D eigenvalue weighted by Gasteiger charge is 2.19. The molecule has 1 atom stereocenters. The predicted octanol–water partition coefficient (Wildman–Crippen LogP) is 1.95. The Hall–Kier alpha value is -1.13. The van der Waals surface area contributed by atoms with Crippen LogP contribution in [0.1, 0.15) is 18.4 Å². The molecule has 0 bridgehead atoms. The van der Waals surface area contributed by atoms with Crippen LogP contribution in [-0.2, 0) is 11.3 Å². The molecule has 0 aromatic carbocycles. The van der Waals surface area contributed by atoms with Gasteiger partial charge in [0.2, 0.25) is 5.88 Å². The van der Waals surface area contributed by atoms with Gasteiger partial charge in [0, 0.05) is 32.5 Å². The molecule has 18 heavy (non-hydrogen) atoms. The molecule has 0 radical (unpaired) electrons. The van der Waals surface area contributed by atoms with Crippen LogP contribution in [0.4, 0.5) is 0 Å². The summed E-state index contributed by atoms with van der Waals surface area (Å²) in [5.41, 5.74) is 1.24. The summed E-state index contributed by atoms with van der Waals surface area (Å²) >= 11 is 0. The van der Waals surface area contributed by atoms with Gasteiger partial charge in [-0.05, 0) is 30.9 Å². The minimum atomic E-state index is 0.676. The van der Waals surface area contributed by atoms with Crippen LogP contribution in [0, 0.1) is 5.92 Å². The molecule has 4 heteroatoms. The van der Waals surface area contributed by atoms with Crippen LogP contribution in [0.25, 0.3) is 0 Å². The molecule has 0 unspecified atom stereocenters. The summed E-state index contributed by atoms with van der Waals surface area (Å²) in [6.07, 6.45) is 4.45. The number of aromatic nitrogens is 1. The van der Waals surface area contributed by atoms with Gasteiger partial charge in [-0.25, -0.2) is 4.98 Å². The van der Waals surface area contributed by atoms with E-state index in [1.165, 1.54) is 24.9 Å². The molecule has 1 fully saturated rings. The van der Waals surface area contributed by atoms with E-state index in [1.807, 2.05) is 12.3 Å². The molecular weight excluding hydrogens is 228 g/mol. The van der Waals surface area contributed by atoms with Gasteiger partial charge >= 0.3 is 0 Å². The third-order valence-electron chi connectivity index (χ3n) is 3.42. The van der Waals surface area contributed by atoms with Crippen LogP contribution >= 0.6 is 0 Å². The minimum absolute atomic E-state index is 0.676. The minimum Gasteiger partial charge on any atom is -0.481 e. The molecule has 0 amide bonds. The highest BCUT2D eigenvalue weighted by molar-refractivity contribution is 5.17. The second-order valence-electron chi connectivity index (χ2n) is 4.91. The number of rotatable bonds is 5. The average Bonchev–Trinajstić information content (AvgIpc) is 2.40. The zero-order valence-corrected chi connectivity index (χ0v) is 11.3. The second-order valence-corrected chi connectivity index (χ2v) is 4.91. The standard InChI is InChI=1S/C14H22N2O2/c1-17-11-13-4-3-7-16(10-13)9-12-5-6-14(18-2)15-8-12/h5-6,8,13H,3-4,7,9-11H2,1-2H3/t13-/m1/s1. The Kier molecular flexibility index (Phi) is 4.96. The topological polar surface area (TPSA) is 34.6 Å². The Labute approximate surface area is 109 Å². The normalized spacial score (nSPS) is 20.9. The van der Waals surface area contributed by atoms with Gasteiger partial charge in [-0.1, -0.05) is 6.07 Å². The summed E-state index contributed by atoms with van der Waals surface area (Å²) in [4.78, 5) is 6.73. The fraction of sp³-hybridized carbons (Fsp3) is 0.643. The summed E-state index contributed by atoms with van der Waals surface area (Å²) in [5.74, 6) is 1.35. The Bertz CT molecular complexity index is 351. The summed E-state index contributed by atoms with van der Waals surface area (Å²) < 4.78 is 10.3. The lowest BCUT2D eigenvalue weighted by atomic mass is 9.98. The maximum Gasteiger partial charge on any atom is 0.212 e. The highest BCUT2D eigenvalue weighted by atomic mass is 16.5. The molecule has 0 saturated carbocycles. The van der Waals surface area contributed by atoms with E-state index in [1.54, 1.807) is 14.2 Å². The third-order valence-corrected chi connectivity index (χ3v) is 3.42. The number of piperidine rings is 1. The van der Waals surface area contributed by atoms with Crippen molar-refractivity contribution in [3.8, 4) is 5.88 Å². The van der Waals surface area contributed by atoms with Crippen molar-refractivity contribution in [1.29, 1.82) is 0 Å². The van der Waals surface area contributed by atoms with E-state index in [-0.39, 0.29) is 0 Å². The van der Waals surface area contributed by atoms with Crippen LogP contribution in [0.15, 0.2) is 18.3 Å². The van der Waals surface area contributed by atoms with Crippen molar-refractivity contribution in [1.82, 2.24) is 9.88 Å². The average molecular weight is 250 g/mol. The number of likely N-dealkylation sites (tertiary alicyclic amines) is 1. The van der Waals surface area contributed by atoms with E-state index in [2.05, 4.69) is 16.0 Å². The van der Waals surface area contributed by atoms with Crippen molar-refractivity contribution < 1.29 is 9.47 Å². The lowest BCUT2D eigenvalue weighted by Crippen LogP contribution is -2.36. The Morgan fingerprint density at radius 2 is 2.28 bits per heavy atom. The van der Waals surface area contributed by atoms with Crippen molar-refractivity contribution in [2.45, 2.75) is 19.4 Å². The molecule has 100 valence electrons. The maximum absolute atomic E-state index is 5.25. The summed E-state index contributed by atoms with van der Waals surface area (Å²) in [6.45, 7) is 4.14. The number of methoxy groups -OCH3 is 2. The quantitative estimate of drug-likeness (QED) is 0.800. The SMILES string of the molecule is COC[C@@H]1CCCN(Cc2ccc(OC)nc2)C1. The van der Waals surface area contributed by atoms with E-state index < -0.39 is 0 Å². The monoisotopic (exact) mass is 250 g/mol. The van der Waals surface area contributed by atoms with E-state index in [9.17, 15) is 0 Å². The number of hydrogen-bond donors (Lipinski definition) is 0. The zero-order chi connectivity index (χ0) is 12.8. The van der Waals surface area contributed by atoms with Gasteiger partial charge in [-0.3, -0.25) is 4.90 Å². The van der Waals surface area contributed by atoms with Crippen molar-refractivity contribution in [3.63, 3.8) is 0 Å². The Morgan fingerprint density at radius 3 is 2.94 bits per heavy atom. The van der Waals surface area contributed by atoms with Gasteiger partial charge in [-0.15, -0.1) is 0 Å². The number of pyridine rings is 1. The molecule has 4 nitrogen and oxygen atoms in total. The van der Waals surface area contributed by atoms with Crippen LogP contribution in [0.5, 0.6) is 5.88 Å². The van der Waals surface area contributed by atoms with Crippen LogP contribution < -0.4 is 4.74 Å². The lowest BCUT2D eigenvalue weighted by Gasteiger charge is -2.32. The van der Waals surface area contributed by atoms with Crippen LogP contribution in [0.3, 0.4) is 0 Å². The first-order chi connectivity index (χ1) is 8.81. The highest BCUT2D eigenvalue weighted by Crippen LogP contribution is 2.19. The smallest absolute Gasteiger partial charge is 0.212 e. The van der Waals surface area contributed by atoms with Crippen molar-refractivity contribution in [2.75, 3.05) is 33.9 Å². The van der Waals surface area contributed by atoms with Gasteiger partial charge in [0.05, 0.1) is 13.7 Å². The molecule has 1 saturated heterocycles. The van der Waals surface area contributed by atoms with Gasteiger partial charge < -0.3 is 9.47 Å². The molecule has 0 aliphatic carbocycles. The molecule has 1 aliphatic rings.